The number of anilines is 1. The zero-order valence-electron chi connectivity index (χ0n) is 12.6. The van der Waals surface area contributed by atoms with Crippen molar-refractivity contribution in [3.8, 4) is 5.75 Å². The zero-order valence-corrected chi connectivity index (χ0v) is 13.4. The van der Waals surface area contributed by atoms with Gasteiger partial charge in [-0.25, -0.2) is 4.98 Å². The summed E-state index contributed by atoms with van der Waals surface area (Å²) in [6.07, 6.45) is 3.79. The molecule has 0 amide bonds. The Morgan fingerprint density at radius 3 is 2.90 bits per heavy atom. The van der Waals surface area contributed by atoms with Gasteiger partial charge in [0.1, 0.15) is 5.75 Å². The second-order valence-corrected chi connectivity index (χ2v) is 6.43. The summed E-state index contributed by atoms with van der Waals surface area (Å²) in [5, 5.41) is 4.44. The van der Waals surface area contributed by atoms with Crippen LogP contribution in [0.3, 0.4) is 0 Å². The Balaban J connectivity index is 1.87. The molecule has 0 atom stereocenters. The van der Waals surface area contributed by atoms with Gasteiger partial charge in [0.15, 0.2) is 5.13 Å². The van der Waals surface area contributed by atoms with Gasteiger partial charge in [-0.1, -0.05) is 38.0 Å². The van der Waals surface area contributed by atoms with E-state index in [1.165, 1.54) is 24.0 Å². The van der Waals surface area contributed by atoms with Crippen LogP contribution in [0.25, 0.3) is 10.2 Å². The molecule has 0 unspecified atom stereocenters. The van der Waals surface area contributed by atoms with E-state index in [2.05, 4.69) is 30.2 Å². The minimum absolute atomic E-state index is 0.700. The highest BCUT2D eigenvalue weighted by atomic mass is 32.1. The van der Waals surface area contributed by atoms with Gasteiger partial charge >= 0.3 is 0 Å². The van der Waals surface area contributed by atoms with Crippen molar-refractivity contribution in [1.29, 1.82) is 0 Å². The van der Waals surface area contributed by atoms with E-state index >= 15 is 0 Å². The topological polar surface area (TPSA) is 34.1 Å². The van der Waals surface area contributed by atoms with E-state index in [9.17, 15) is 0 Å². The molecule has 0 spiro atoms. The van der Waals surface area contributed by atoms with Crippen LogP contribution in [0.1, 0.15) is 40.0 Å². The second kappa shape index (κ2) is 7.48. The first-order chi connectivity index (χ1) is 9.69. The fourth-order valence-electron chi connectivity index (χ4n) is 2.11. The van der Waals surface area contributed by atoms with E-state index in [1.54, 1.807) is 11.3 Å². The molecule has 0 aliphatic heterocycles. The molecule has 110 valence electrons. The third-order valence-corrected chi connectivity index (χ3v) is 4.13. The third-order valence-electron chi connectivity index (χ3n) is 3.16. The Morgan fingerprint density at radius 2 is 2.15 bits per heavy atom. The van der Waals surface area contributed by atoms with E-state index in [0.29, 0.717) is 6.61 Å². The Kier molecular flexibility index (Phi) is 5.65. The largest absolute Gasteiger partial charge is 0.494 e. The van der Waals surface area contributed by atoms with Crippen LogP contribution in [0, 0.1) is 5.92 Å². The van der Waals surface area contributed by atoms with Gasteiger partial charge in [-0.15, -0.1) is 0 Å². The van der Waals surface area contributed by atoms with Crippen molar-refractivity contribution in [2.75, 3.05) is 18.5 Å². The van der Waals surface area contributed by atoms with E-state index in [1.807, 2.05) is 19.1 Å². The van der Waals surface area contributed by atoms with Crippen molar-refractivity contribution < 1.29 is 4.74 Å². The Labute approximate surface area is 125 Å². The minimum Gasteiger partial charge on any atom is -0.494 e. The normalized spacial score (nSPS) is 11.2. The van der Waals surface area contributed by atoms with E-state index in [-0.39, 0.29) is 0 Å². The van der Waals surface area contributed by atoms with Crippen LogP contribution in [-0.4, -0.2) is 18.1 Å². The summed E-state index contributed by atoms with van der Waals surface area (Å²) in [4.78, 5) is 4.60. The zero-order chi connectivity index (χ0) is 14.4. The van der Waals surface area contributed by atoms with Gasteiger partial charge < -0.3 is 10.1 Å². The van der Waals surface area contributed by atoms with Gasteiger partial charge in [-0.3, -0.25) is 0 Å². The highest BCUT2D eigenvalue weighted by molar-refractivity contribution is 7.22. The van der Waals surface area contributed by atoms with Gasteiger partial charge in [0.2, 0.25) is 0 Å². The van der Waals surface area contributed by atoms with Crippen molar-refractivity contribution in [3.05, 3.63) is 18.2 Å². The van der Waals surface area contributed by atoms with Crippen LogP contribution >= 0.6 is 11.3 Å². The number of thiazole rings is 1. The first-order valence-electron chi connectivity index (χ1n) is 7.46. The van der Waals surface area contributed by atoms with Gasteiger partial charge in [0.05, 0.1) is 16.8 Å². The first-order valence-corrected chi connectivity index (χ1v) is 8.28. The maximum Gasteiger partial charge on any atom is 0.183 e. The molecule has 4 heteroatoms. The molecule has 1 N–H and O–H groups in total. The van der Waals surface area contributed by atoms with E-state index in [0.717, 1.165) is 28.9 Å². The van der Waals surface area contributed by atoms with Crippen LogP contribution in [0.15, 0.2) is 18.2 Å². The summed E-state index contributed by atoms with van der Waals surface area (Å²) in [7, 11) is 0. The number of hydrogen-bond acceptors (Lipinski definition) is 4. The number of aromatic nitrogens is 1. The highest BCUT2D eigenvalue weighted by Gasteiger charge is 2.04. The molecule has 0 saturated heterocycles. The number of benzene rings is 1. The number of fused-ring (bicyclic) bond motifs is 1. The molecule has 0 bridgehead atoms. The average Bonchev–Trinajstić information content (AvgIpc) is 2.80. The Bertz CT molecular complexity index is 536. The number of nitrogens with zero attached hydrogens (tertiary/aromatic N) is 1. The SMILES string of the molecule is CCOc1ccc2nc(NCCCCC(C)C)sc2c1. The van der Waals surface area contributed by atoms with Gasteiger partial charge in [0.25, 0.3) is 0 Å². The molecule has 20 heavy (non-hydrogen) atoms. The lowest BCUT2D eigenvalue weighted by Gasteiger charge is -2.04. The average molecular weight is 292 g/mol. The van der Waals surface area contributed by atoms with Crippen molar-refractivity contribution >= 4 is 26.7 Å². The van der Waals surface area contributed by atoms with Gasteiger partial charge in [0, 0.05) is 6.54 Å². The predicted molar refractivity (Wildman–Crippen MR) is 88.0 cm³/mol. The summed E-state index contributed by atoms with van der Waals surface area (Å²) in [6.45, 7) is 8.25. The molecule has 0 aliphatic carbocycles. The highest BCUT2D eigenvalue weighted by Crippen LogP contribution is 2.29. The number of hydrogen-bond donors (Lipinski definition) is 1. The number of rotatable bonds is 8. The monoisotopic (exact) mass is 292 g/mol. The van der Waals surface area contributed by atoms with Crippen molar-refractivity contribution in [2.24, 2.45) is 5.92 Å². The molecule has 0 saturated carbocycles. The summed E-state index contributed by atoms with van der Waals surface area (Å²) in [5.41, 5.74) is 1.04. The molecule has 3 nitrogen and oxygen atoms in total. The molecule has 0 fully saturated rings. The van der Waals surface area contributed by atoms with Crippen molar-refractivity contribution in [1.82, 2.24) is 4.98 Å². The van der Waals surface area contributed by atoms with Crippen molar-refractivity contribution in [3.63, 3.8) is 0 Å². The second-order valence-electron chi connectivity index (χ2n) is 5.40. The molecule has 2 aromatic rings. The smallest absolute Gasteiger partial charge is 0.183 e. The summed E-state index contributed by atoms with van der Waals surface area (Å²) < 4.78 is 6.70. The number of ether oxygens (including phenoxy) is 1. The first kappa shape index (κ1) is 15.1. The quantitative estimate of drug-likeness (QED) is 0.700. The molecule has 1 heterocycles. The molecular weight excluding hydrogens is 268 g/mol. The minimum atomic E-state index is 0.700. The third kappa shape index (κ3) is 4.37. The van der Waals surface area contributed by atoms with Crippen LogP contribution in [0.4, 0.5) is 5.13 Å². The van der Waals surface area contributed by atoms with Gasteiger partial charge in [-0.05, 0) is 37.5 Å². The predicted octanol–water partition coefficient (Wildman–Crippen LogP) is 4.93. The van der Waals surface area contributed by atoms with Crippen LogP contribution in [0.2, 0.25) is 0 Å². The number of unbranched alkanes of at least 4 members (excludes halogenated alkanes) is 1. The molecule has 0 aliphatic rings. The van der Waals surface area contributed by atoms with Crippen molar-refractivity contribution in [2.45, 2.75) is 40.0 Å². The lowest BCUT2D eigenvalue weighted by Crippen LogP contribution is -2.01. The molecule has 2 rings (SSSR count). The van der Waals surface area contributed by atoms with Crippen LogP contribution in [0.5, 0.6) is 5.75 Å². The summed E-state index contributed by atoms with van der Waals surface area (Å²) in [5.74, 6) is 1.72. The standard InChI is InChI=1S/C16H24N2OS/c1-4-19-13-8-9-14-15(11-13)20-16(18-14)17-10-6-5-7-12(2)3/h8-9,11-12H,4-7,10H2,1-3H3,(H,17,18). The van der Waals surface area contributed by atoms with E-state index in [4.69, 9.17) is 4.74 Å². The maximum absolute atomic E-state index is 5.52. The lowest BCUT2D eigenvalue weighted by molar-refractivity contribution is 0.341. The van der Waals surface area contributed by atoms with Crippen LogP contribution < -0.4 is 10.1 Å². The molecule has 1 aromatic heterocycles. The Morgan fingerprint density at radius 1 is 1.30 bits per heavy atom. The summed E-state index contributed by atoms with van der Waals surface area (Å²) in [6, 6.07) is 6.08. The molecule has 1 aromatic carbocycles. The Hall–Kier alpha value is -1.29. The molecule has 0 radical (unpaired) electrons. The van der Waals surface area contributed by atoms with Gasteiger partial charge in [-0.2, -0.15) is 0 Å². The number of nitrogens with one attached hydrogen (secondary N) is 1. The maximum atomic E-state index is 5.52. The molecular formula is C16H24N2OS. The fraction of sp³-hybridized carbons (Fsp3) is 0.562. The fourth-order valence-corrected chi connectivity index (χ4v) is 3.03. The summed E-state index contributed by atoms with van der Waals surface area (Å²) >= 11 is 1.70. The lowest BCUT2D eigenvalue weighted by atomic mass is 10.1. The van der Waals surface area contributed by atoms with E-state index < -0.39 is 0 Å². The van der Waals surface area contributed by atoms with Crippen LogP contribution in [-0.2, 0) is 0 Å².